The topological polar surface area (TPSA) is 32.7 Å². The number of ether oxygens (including phenoxy) is 1. The van der Waals surface area contributed by atoms with E-state index in [2.05, 4.69) is 0 Å². The Kier molecular flexibility index (Phi) is 4.19. The number of aliphatic hydroxyl groups excluding tert-OH is 1. The molecule has 1 N–H and O–H groups in total. The summed E-state index contributed by atoms with van der Waals surface area (Å²) >= 11 is 0. The molecule has 1 aliphatic rings. The lowest BCUT2D eigenvalue weighted by Gasteiger charge is -2.33. The van der Waals surface area contributed by atoms with Crippen molar-refractivity contribution in [3.8, 4) is 0 Å². The van der Waals surface area contributed by atoms with E-state index >= 15 is 0 Å². The van der Waals surface area contributed by atoms with Gasteiger partial charge in [-0.1, -0.05) is 6.07 Å². The van der Waals surface area contributed by atoms with Crippen molar-refractivity contribution in [2.24, 2.45) is 0 Å². The van der Waals surface area contributed by atoms with Gasteiger partial charge in [-0.15, -0.1) is 0 Å². The Morgan fingerprint density at radius 3 is 2.61 bits per heavy atom. The van der Waals surface area contributed by atoms with E-state index in [1.165, 1.54) is 6.07 Å². The van der Waals surface area contributed by atoms with E-state index in [9.17, 15) is 9.50 Å². The minimum absolute atomic E-state index is 0.276. The Morgan fingerprint density at radius 2 is 2.06 bits per heavy atom. The molecule has 0 radical (unpaired) electrons. The zero-order valence-electron chi connectivity index (χ0n) is 10.9. The number of anilines is 1. The molecule has 1 atom stereocenters. The molecule has 1 fully saturated rings. The first kappa shape index (κ1) is 13.3. The van der Waals surface area contributed by atoms with Gasteiger partial charge in [0, 0.05) is 26.3 Å². The van der Waals surface area contributed by atoms with Crippen LogP contribution in [0.25, 0.3) is 0 Å². The van der Waals surface area contributed by atoms with Crippen LogP contribution in [0.2, 0.25) is 0 Å². The summed E-state index contributed by atoms with van der Waals surface area (Å²) in [6.07, 6.45) is 1.21. The number of benzene rings is 1. The number of rotatable bonds is 3. The molecular formula is C14H20FNO2. The van der Waals surface area contributed by atoms with Gasteiger partial charge in [0.05, 0.1) is 11.8 Å². The molecule has 3 nitrogen and oxygen atoms in total. The van der Waals surface area contributed by atoms with E-state index in [-0.39, 0.29) is 5.82 Å². The Bertz CT molecular complexity index is 403. The number of hydrogen-bond donors (Lipinski definition) is 1. The minimum Gasteiger partial charge on any atom is -0.389 e. The quantitative estimate of drug-likeness (QED) is 0.898. The Hall–Kier alpha value is -1.13. The second kappa shape index (κ2) is 5.67. The van der Waals surface area contributed by atoms with Crippen LogP contribution in [-0.4, -0.2) is 31.4 Å². The summed E-state index contributed by atoms with van der Waals surface area (Å²) in [7, 11) is 1.91. The van der Waals surface area contributed by atoms with Crippen LogP contribution in [0.3, 0.4) is 0 Å². The molecule has 1 aliphatic heterocycles. The third-order valence-electron chi connectivity index (χ3n) is 3.57. The van der Waals surface area contributed by atoms with E-state index in [1.54, 1.807) is 19.1 Å². The largest absolute Gasteiger partial charge is 0.389 e. The molecule has 0 spiro atoms. The van der Waals surface area contributed by atoms with Gasteiger partial charge >= 0.3 is 0 Å². The smallest absolute Gasteiger partial charge is 0.146 e. The molecule has 18 heavy (non-hydrogen) atoms. The zero-order chi connectivity index (χ0) is 13.1. The normalized spacial score (nSPS) is 18.7. The fraction of sp³-hybridized carbons (Fsp3) is 0.571. The molecule has 1 aromatic carbocycles. The van der Waals surface area contributed by atoms with Crippen LogP contribution in [0.4, 0.5) is 10.1 Å². The molecule has 0 aromatic heterocycles. The first-order valence-electron chi connectivity index (χ1n) is 6.37. The maximum absolute atomic E-state index is 14.0. The molecule has 0 unspecified atom stereocenters. The molecule has 1 aromatic rings. The van der Waals surface area contributed by atoms with Gasteiger partial charge in [-0.05, 0) is 37.5 Å². The molecule has 0 saturated carbocycles. The molecule has 4 heteroatoms. The summed E-state index contributed by atoms with van der Waals surface area (Å²) in [6, 6.07) is 5.26. The lowest BCUT2D eigenvalue weighted by Crippen LogP contribution is -2.37. The second-order valence-electron chi connectivity index (χ2n) is 4.84. The monoisotopic (exact) mass is 253 g/mol. The molecule has 100 valence electrons. The first-order chi connectivity index (χ1) is 8.59. The van der Waals surface area contributed by atoms with Gasteiger partial charge in [-0.3, -0.25) is 0 Å². The van der Waals surface area contributed by atoms with Crippen molar-refractivity contribution < 1.29 is 14.2 Å². The van der Waals surface area contributed by atoms with Gasteiger partial charge in [0.15, 0.2) is 0 Å². The second-order valence-corrected chi connectivity index (χ2v) is 4.84. The molecule has 0 amide bonds. The molecule has 2 rings (SSSR count). The van der Waals surface area contributed by atoms with Crippen LogP contribution < -0.4 is 4.90 Å². The van der Waals surface area contributed by atoms with E-state index in [0.717, 1.165) is 26.1 Å². The lowest BCUT2D eigenvalue weighted by molar-refractivity contribution is 0.0853. The van der Waals surface area contributed by atoms with Crippen LogP contribution in [0.1, 0.15) is 31.4 Å². The highest BCUT2D eigenvalue weighted by molar-refractivity contribution is 5.49. The van der Waals surface area contributed by atoms with Crippen molar-refractivity contribution >= 4 is 5.69 Å². The van der Waals surface area contributed by atoms with Crippen LogP contribution in [-0.2, 0) is 4.74 Å². The molecule has 0 aliphatic carbocycles. The summed E-state index contributed by atoms with van der Waals surface area (Å²) in [5.74, 6) is -0.276. The molecular weight excluding hydrogens is 233 g/mol. The Balaban J connectivity index is 2.16. The Morgan fingerprint density at radius 1 is 1.39 bits per heavy atom. The fourth-order valence-corrected chi connectivity index (χ4v) is 2.34. The van der Waals surface area contributed by atoms with E-state index < -0.39 is 6.10 Å². The van der Waals surface area contributed by atoms with Gasteiger partial charge in [-0.2, -0.15) is 0 Å². The van der Waals surface area contributed by atoms with E-state index in [1.807, 2.05) is 11.9 Å². The molecule has 0 bridgehead atoms. The van der Waals surface area contributed by atoms with Crippen LogP contribution in [0, 0.1) is 5.82 Å². The average Bonchev–Trinajstić information content (AvgIpc) is 2.38. The van der Waals surface area contributed by atoms with Crippen molar-refractivity contribution in [2.45, 2.75) is 31.9 Å². The summed E-state index contributed by atoms with van der Waals surface area (Å²) in [6.45, 7) is 3.11. The van der Waals surface area contributed by atoms with E-state index in [0.29, 0.717) is 17.3 Å². The van der Waals surface area contributed by atoms with Gasteiger partial charge < -0.3 is 14.7 Å². The molecule has 1 saturated heterocycles. The van der Waals surface area contributed by atoms with Gasteiger partial charge in [-0.25, -0.2) is 4.39 Å². The van der Waals surface area contributed by atoms with Crippen LogP contribution in [0.15, 0.2) is 18.2 Å². The van der Waals surface area contributed by atoms with Gasteiger partial charge in [0.2, 0.25) is 0 Å². The third-order valence-corrected chi connectivity index (χ3v) is 3.57. The summed E-state index contributed by atoms with van der Waals surface area (Å²) in [5.41, 5.74) is 1.20. The van der Waals surface area contributed by atoms with Crippen molar-refractivity contribution in [1.82, 2.24) is 0 Å². The highest BCUT2D eigenvalue weighted by Gasteiger charge is 2.21. The van der Waals surface area contributed by atoms with Crippen LogP contribution in [0.5, 0.6) is 0 Å². The number of halogens is 1. The average molecular weight is 253 g/mol. The standard InChI is InChI=1S/C14H20FNO2/c1-10(17)11-3-4-14(13(15)9-11)16(2)12-5-7-18-8-6-12/h3-4,9-10,12,17H,5-8H2,1-2H3/t10-/m0/s1. The summed E-state index contributed by atoms with van der Waals surface area (Å²) in [4.78, 5) is 1.98. The molecule has 1 heterocycles. The summed E-state index contributed by atoms with van der Waals surface area (Å²) < 4.78 is 19.3. The van der Waals surface area contributed by atoms with Gasteiger partial charge in [0.1, 0.15) is 5.82 Å². The van der Waals surface area contributed by atoms with Crippen molar-refractivity contribution in [1.29, 1.82) is 0 Å². The SMILES string of the molecule is C[C@H](O)c1ccc(N(C)C2CCOCC2)c(F)c1. The lowest BCUT2D eigenvalue weighted by atomic mass is 10.1. The Labute approximate surface area is 107 Å². The summed E-state index contributed by atoms with van der Waals surface area (Å²) in [5, 5.41) is 9.43. The van der Waals surface area contributed by atoms with Crippen molar-refractivity contribution in [3.05, 3.63) is 29.6 Å². The predicted octanol–water partition coefficient (Wildman–Crippen LogP) is 2.49. The predicted molar refractivity (Wildman–Crippen MR) is 69.3 cm³/mol. The fourth-order valence-electron chi connectivity index (χ4n) is 2.34. The van der Waals surface area contributed by atoms with E-state index in [4.69, 9.17) is 4.74 Å². The highest BCUT2D eigenvalue weighted by Crippen LogP contribution is 2.26. The number of nitrogens with zero attached hydrogens (tertiary/aromatic N) is 1. The maximum atomic E-state index is 14.0. The zero-order valence-corrected chi connectivity index (χ0v) is 10.9. The minimum atomic E-state index is -0.637. The van der Waals surface area contributed by atoms with Crippen LogP contribution >= 0.6 is 0 Å². The third kappa shape index (κ3) is 2.82. The van der Waals surface area contributed by atoms with Crippen molar-refractivity contribution in [2.75, 3.05) is 25.2 Å². The number of aliphatic hydroxyl groups is 1. The maximum Gasteiger partial charge on any atom is 0.146 e. The first-order valence-corrected chi connectivity index (χ1v) is 6.37. The highest BCUT2D eigenvalue weighted by atomic mass is 19.1. The van der Waals surface area contributed by atoms with Gasteiger partial charge in [0.25, 0.3) is 0 Å². The number of hydrogen-bond acceptors (Lipinski definition) is 3. The van der Waals surface area contributed by atoms with Crippen molar-refractivity contribution in [3.63, 3.8) is 0 Å².